The van der Waals surface area contributed by atoms with Gasteiger partial charge in [-0.2, -0.15) is 0 Å². The third-order valence-electron chi connectivity index (χ3n) is 17.4. The Bertz CT molecular complexity index is 2720. The Morgan fingerprint density at radius 3 is 1.85 bits per heavy atom. The monoisotopic (exact) mass is 918 g/mol. The van der Waals surface area contributed by atoms with Crippen LogP contribution in [0.3, 0.4) is 0 Å². The highest BCUT2D eigenvalue weighted by Crippen LogP contribution is 2.66. The molecule has 13 rings (SSSR count). The SMILES string of the molecule is Cc1ccc(OC(=O)Cc2cc3sc(CC(=O)Oc4ccc5c6c4O[C@H]4C(=O)CC[C@@]7(O)[C@@H](C5)N(CC5CC5)CC[C@]647)cc3s2)c2c1[C@]13CCN(CC4CC4)[C@H](C)[C@]1(O)CCC(=O)[C@@H]3O2. The summed E-state index contributed by atoms with van der Waals surface area (Å²) in [5.41, 5.74) is -0.383. The Morgan fingerprint density at radius 1 is 0.723 bits per heavy atom. The predicted molar refractivity (Wildman–Crippen MR) is 241 cm³/mol. The van der Waals surface area contributed by atoms with E-state index in [9.17, 15) is 29.4 Å². The third-order valence-corrected chi connectivity index (χ3v) is 19.7. The van der Waals surface area contributed by atoms with Crippen molar-refractivity contribution in [1.82, 2.24) is 9.80 Å². The summed E-state index contributed by atoms with van der Waals surface area (Å²) in [7, 11) is 0. The standard InChI is InChI=1S/C51H54N2O10S2/c1-26-3-9-35(44-42(26)48-15-17-52(24-28-4-5-28)27(2)50(48,58)13-11-33(54)46(48)62-44)60-40(56)22-31-20-37-38(64-31)21-32(65-37)23-41(57)61-36-10-8-30-19-39-51(59)14-12-34(55)47-49(51,43(30)45(36)63-47)16-18-53(39)25-29-6-7-29/h3,8-10,20-21,27-29,39,46-47,58-59H,4-7,11-19,22-25H2,1-2H3/t27-,39-,46+,47+,48+,49+,50-,51-/m1/s1. The molecule has 5 aliphatic carbocycles. The molecule has 9 aliphatic rings. The van der Waals surface area contributed by atoms with Gasteiger partial charge in [0.2, 0.25) is 0 Å². The van der Waals surface area contributed by atoms with Gasteiger partial charge in [-0.05, 0) is 132 Å². The first kappa shape index (κ1) is 41.0. The first-order valence-corrected chi connectivity index (χ1v) is 25.5. The topological polar surface area (TPSA) is 152 Å². The zero-order chi connectivity index (χ0) is 44.4. The maximum Gasteiger partial charge on any atom is 0.316 e. The summed E-state index contributed by atoms with van der Waals surface area (Å²) < 4.78 is 27.0. The fourth-order valence-electron chi connectivity index (χ4n) is 14.0. The van der Waals surface area contributed by atoms with Crippen molar-refractivity contribution < 1.29 is 48.3 Å². The minimum absolute atomic E-state index is 0.00209. The van der Waals surface area contributed by atoms with Gasteiger partial charge >= 0.3 is 11.9 Å². The van der Waals surface area contributed by atoms with Crippen LogP contribution in [0.4, 0.5) is 0 Å². The van der Waals surface area contributed by atoms with Gasteiger partial charge in [0.15, 0.2) is 46.8 Å². The van der Waals surface area contributed by atoms with E-state index in [-0.39, 0.29) is 55.1 Å². The molecule has 6 fully saturated rings. The molecule has 2 N–H and O–H groups in total. The van der Waals surface area contributed by atoms with Crippen molar-refractivity contribution in [1.29, 1.82) is 0 Å². The molecule has 2 aromatic carbocycles. The molecule has 0 amide bonds. The molecule has 14 heteroatoms. The second-order valence-corrected chi connectivity index (χ2v) is 23.3. The van der Waals surface area contributed by atoms with E-state index >= 15 is 0 Å². The zero-order valence-electron chi connectivity index (χ0n) is 36.8. The number of likely N-dealkylation sites (tertiary alicyclic amines) is 2. The number of ketones is 2. The molecule has 6 heterocycles. The van der Waals surface area contributed by atoms with Gasteiger partial charge in [0.05, 0.1) is 34.9 Å². The molecule has 340 valence electrons. The number of esters is 2. The second kappa shape index (κ2) is 14.2. The predicted octanol–water partition coefficient (Wildman–Crippen LogP) is 6.30. The number of carbonyl (C=O) groups excluding carboxylic acids is 4. The first-order valence-electron chi connectivity index (χ1n) is 23.8. The van der Waals surface area contributed by atoms with Crippen LogP contribution in [-0.4, -0.2) is 105 Å². The Kier molecular flexibility index (Phi) is 8.95. The lowest BCUT2D eigenvalue weighted by Crippen LogP contribution is -2.76. The number of carbonyl (C=O) groups is 4. The van der Waals surface area contributed by atoms with Crippen molar-refractivity contribution in [2.75, 3.05) is 26.2 Å². The number of nitrogens with zero attached hydrogens (tertiary/aromatic N) is 2. The second-order valence-electron chi connectivity index (χ2n) is 21.0. The highest BCUT2D eigenvalue weighted by Gasteiger charge is 2.74. The van der Waals surface area contributed by atoms with Crippen LogP contribution < -0.4 is 18.9 Å². The van der Waals surface area contributed by atoms with Crippen molar-refractivity contribution in [3.05, 3.63) is 68.4 Å². The molecule has 4 saturated carbocycles. The highest BCUT2D eigenvalue weighted by atomic mass is 32.1. The van der Waals surface area contributed by atoms with Gasteiger partial charge in [0, 0.05) is 68.3 Å². The number of fused-ring (bicyclic) bond motifs is 2. The lowest BCUT2D eigenvalue weighted by molar-refractivity contribution is -0.188. The summed E-state index contributed by atoms with van der Waals surface area (Å²) in [6.45, 7) is 7.58. The number of aliphatic hydroxyl groups is 2. The molecule has 12 nitrogen and oxygen atoms in total. The van der Waals surface area contributed by atoms with E-state index in [1.54, 1.807) is 12.1 Å². The summed E-state index contributed by atoms with van der Waals surface area (Å²) >= 11 is 2.94. The molecule has 8 atom stereocenters. The minimum atomic E-state index is -1.17. The normalized spacial score (nSPS) is 34.3. The third kappa shape index (κ3) is 5.79. The molecule has 4 aliphatic heterocycles. The molecule has 4 aromatic rings. The molecular formula is C51H54N2O10S2. The Balaban J connectivity index is 0.704. The van der Waals surface area contributed by atoms with Gasteiger partial charge in [-0.15, -0.1) is 22.7 Å². The van der Waals surface area contributed by atoms with Gasteiger partial charge in [-0.25, -0.2) is 0 Å². The fraction of sp³-hybridized carbons (Fsp3) is 0.569. The van der Waals surface area contributed by atoms with E-state index in [0.717, 1.165) is 67.6 Å². The molecule has 2 spiro atoms. The Labute approximate surface area is 385 Å². The van der Waals surface area contributed by atoms with Crippen molar-refractivity contribution in [2.24, 2.45) is 11.8 Å². The van der Waals surface area contributed by atoms with Crippen LogP contribution in [0.5, 0.6) is 23.0 Å². The lowest BCUT2D eigenvalue weighted by Gasteiger charge is -2.62. The van der Waals surface area contributed by atoms with Gasteiger partial charge in [0.1, 0.15) is 0 Å². The molecular weight excluding hydrogens is 865 g/mol. The molecule has 2 saturated heterocycles. The maximum atomic E-state index is 13.6. The van der Waals surface area contributed by atoms with E-state index in [2.05, 4.69) is 16.7 Å². The number of Topliss-reactive ketones (excluding diaryl/α,β-unsaturated/α-hetero) is 2. The van der Waals surface area contributed by atoms with Crippen LogP contribution in [-0.2, 0) is 49.3 Å². The number of rotatable bonds is 10. The minimum Gasteiger partial charge on any atom is -0.477 e. The van der Waals surface area contributed by atoms with E-state index < -0.39 is 46.2 Å². The quantitative estimate of drug-likeness (QED) is 0.136. The molecule has 65 heavy (non-hydrogen) atoms. The largest absolute Gasteiger partial charge is 0.477 e. The molecule has 2 bridgehead atoms. The lowest BCUT2D eigenvalue weighted by atomic mass is 9.49. The Hall–Kier alpha value is -4.18. The summed E-state index contributed by atoms with van der Waals surface area (Å²) in [4.78, 5) is 60.9. The van der Waals surface area contributed by atoms with Gasteiger partial charge in [0.25, 0.3) is 0 Å². The fourth-order valence-corrected chi connectivity index (χ4v) is 16.4. The highest BCUT2D eigenvalue weighted by molar-refractivity contribution is 7.27. The number of piperidine rings is 2. The summed E-state index contributed by atoms with van der Waals surface area (Å²) in [6, 6.07) is 11.1. The van der Waals surface area contributed by atoms with E-state index in [0.29, 0.717) is 61.2 Å². The van der Waals surface area contributed by atoms with Crippen molar-refractivity contribution in [3.8, 4) is 23.0 Å². The molecule has 0 radical (unpaired) electrons. The van der Waals surface area contributed by atoms with Crippen molar-refractivity contribution in [3.63, 3.8) is 0 Å². The summed E-state index contributed by atoms with van der Waals surface area (Å²) in [5.74, 6) is 1.82. The summed E-state index contributed by atoms with van der Waals surface area (Å²) in [6.07, 6.45) is 6.54. The van der Waals surface area contributed by atoms with Crippen LogP contribution >= 0.6 is 22.7 Å². The number of benzene rings is 2. The summed E-state index contributed by atoms with van der Waals surface area (Å²) in [5, 5.41) is 25.3. The number of hydrogen-bond acceptors (Lipinski definition) is 14. The van der Waals surface area contributed by atoms with E-state index in [1.807, 2.05) is 31.2 Å². The zero-order valence-corrected chi connectivity index (χ0v) is 38.5. The van der Waals surface area contributed by atoms with Crippen LogP contribution in [0, 0.1) is 18.8 Å². The van der Waals surface area contributed by atoms with Gasteiger partial charge in [-0.3, -0.25) is 29.0 Å². The van der Waals surface area contributed by atoms with E-state index in [1.165, 1.54) is 48.4 Å². The maximum absolute atomic E-state index is 13.6. The van der Waals surface area contributed by atoms with Crippen molar-refractivity contribution >= 4 is 55.6 Å². The number of aryl methyl sites for hydroxylation is 1. The molecule has 0 unspecified atom stereocenters. The number of ether oxygens (including phenoxy) is 4. The Morgan fingerprint density at radius 2 is 1.25 bits per heavy atom. The van der Waals surface area contributed by atoms with E-state index in [4.69, 9.17) is 18.9 Å². The first-order chi connectivity index (χ1) is 31.3. The van der Waals surface area contributed by atoms with Crippen LogP contribution in [0.15, 0.2) is 36.4 Å². The van der Waals surface area contributed by atoms with Crippen molar-refractivity contribution in [2.45, 2.75) is 144 Å². The molecule has 2 aromatic heterocycles. The van der Waals surface area contributed by atoms with Crippen LogP contribution in [0.2, 0.25) is 0 Å². The number of hydrogen-bond donors (Lipinski definition) is 2. The number of thiophene rings is 2. The van der Waals surface area contributed by atoms with Crippen LogP contribution in [0.1, 0.15) is 103 Å². The average molecular weight is 919 g/mol. The van der Waals surface area contributed by atoms with Gasteiger partial charge in [-0.1, -0.05) is 12.1 Å². The van der Waals surface area contributed by atoms with Crippen LogP contribution in [0.25, 0.3) is 9.40 Å². The average Bonchev–Trinajstić information content (AvgIpc) is 4.12. The smallest absolute Gasteiger partial charge is 0.316 e. The van der Waals surface area contributed by atoms with Gasteiger partial charge < -0.3 is 29.2 Å².